The van der Waals surface area contributed by atoms with Gasteiger partial charge >= 0.3 is 17.9 Å². The molecule has 0 spiro atoms. The second-order valence-electron chi connectivity index (χ2n) is 6.20. The Balaban J connectivity index is 0. The zero-order valence-corrected chi connectivity index (χ0v) is 15.4. The molecule has 0 aromatic heterocycles. The Kier molecular flexibility index (Phi) is 19.2. The molecule has 0 amide bonds. The third kappa shape index (κ3) is 22.4. The zero-order chi connectivity index (χ0) is 19.5. The molecule has 7 heteroatoms. The van der Waals surface area contributed by atoms with Crippen molar-refractivity contribution >= 4 is 17.9 Å². The van der Waals surface area contributed by atoms with Gasteiger partial charge in [0, 0.05) is 0 Å². The highest BCUT2D eigenvalue weighted by Gasteiger charge is 2.20. The lowest BCUT2D eigenvalue weighted by atomic mass is 9.97. The van der Waals surface area contributed by atoms with Crippen LogP contribution in [0.25, 0.3) is 0 Å². The fourth-order valence-electron chi connectivity index (χ4n) is 2.40. The lowest BCUT2D eigenvalue weighted by Crippen LogP contribution is -2.17. The van der Waals surface area contributed by atoms with Crippen molar-refractivity contribution in [3.63, 3.8) is 0 Å². The van der Waals surface area contributed by atoms with Crippen LogP contribution in [0.1, 0.15) is 84.0 Å². The van der Waals surface area contributed by atoms with Crippen molar-refractivity contribution < 1.29 is 29.7 Å². The SMILES string of the molecule is CCCCCCCCCCCCC(CC(=O)O)C(=O)O.NCC(=O)O. The summed E-state index contributed by atoms with van der Waals surface area (Å²) in [7, 11) is 0. The van der Waals surface area contributed by atoms with Gasteiger partial charge in [-0.25, -0.2) is 0 Å². The summed E-state index contributed by atoms with van der Waals surface area (Å²) in [6.07, 6.45) is 12.2. The van der Waals surface area contributed by atoms with Crippen LogP contribution in [0.5, 0.6) is 0 Å². The fraction of sp³-hybridized carbons (Fsp3) is 0.833. The molecule has 0 saturated carbocycles. The first-order chi connectivity index (χ1) is 11.8. The molecule has 0 aromatic rings. The molecular formula is C18H35NO6. The third-order valence-electron chi connectivity index (χ3n) is 3.85. The van der Waals surface area contributed by atoms with Gasteiger partial charge in [0.1, 0.15) is 0 Å². The van der Waals surface area contributed by atoms with Gasteiger partial charge in [-0.05, 0) is 6.42 Å². The summed E-state index contributed by atoms with van der Waals surface area (Å²) in [6, 6.07) is 0. The maximum Gasteiger partial charge on any atom is 0.317 e. The Morgan fingerprint density at radius 1 is 0.760 bits per heavy atom. The van der Waals surface area contributed by atoms with Gasteiger partial charge in [0.25, 0.3) is 0 Å². The number of nitrogens with two attached hydrogens (primary N) is 1. The number of aliphatic carboxylic acids is 3. The van der Waals surface area contributed by atoms with E-state index in [-0.39, 0.29) is 13.0 Å². The minimum absolute atomic E-state index is 0.257. The lowest BCUT2D eigenvalue weighted by molar-refractivity contribution is -0.148. The third-order valence-corrected chi connectivity index (χ3v) is 3.85. The predicted octanol–water partition coefficient (Wildman–Crippen LogP) is 3.50. The van der Waals surface area contributed by atoms with Crippen molar-refractivity contribution in [1.29, 1.82) is 0 Å². The molecule has 1 atom stereocenters. The quantitative estimate of drug-likeness (QED) is 0.327. The number of carboxylic acid groups (broad SMARTS) is 3. The van der Waals surface area contributed by atoms with Crippen molar-refractivity contribution in [3.05, 3.63) is 0 Å². The summed E-state index contributed by atoms with van der Waals surface area (Å²) in [5.41, 5.74) is 4.57. The Morgan fingerprint density at radius 2 is 1.16 bits per heavy atom. The van der Waals surface area contributed by atoms with Gasteiger partial charge < -0.3 is 21.1 Å². The van der Waals surface area contributed by atoms with Gasteiger partial charge in [-0.2, -0.15) is 0 Å². The van der Waals surface area contributed by atoms with Crippen molar-refractivity contribution in [2.45, 2.75) is 84.0 Å². The molecule has 25 heavy (non-hydrogen) atoms. The van der Waals surface area contributed by atoms with Crippen LogP contribution in [0, 0.1) is 5.92 Å². The number of carboxylic acids is 3. The van der Waals surface area contributed by atoms with E-state index in [0.717, 1.165) is 19.3 Å². The van der Waals surface area contributed by atoms with Crippen LogP contribution in [0.15, 0.2) is 0 Å². The summed E-state index contributed by atoms with van der Waals surface area (Å²) in [5.74, 6) is -3.70. The predicted molar refractivity (Wildman–Crippen MR) is 96.5 cm³/mol. The first-order valence-electron chi connectivity index (χ1n) is 9.21. The van der Waals surface area contributed by atoms with E-state index in [4.69, 9.17) is 15.3 Å². The van der Waals surface area contributed by atoms with Crippen LogP contribution in [-0.2, 0) is 14.4 Å². The molecule has 0 rings (SSSR count). The van der Waals surface area contributed by atoms with Gasteiger partial charge in [0.05, 0.1) is 18.9 Å². The molecule has 0 aliphatic rings. The highest BCUT2D eigenvalue weighted by atomic mass is 16.4. The Hall–Kier alpha value is -1.63. The summed E-state index contributed by atoms with van der Waals surface area (Å²) < 4.78 is 0. The number of unbranched alkanes of at least 4 members (excludes halogenated alkanes) is 9. The second kappa shape index (κ2) is 18.7. The van der Waals surface area contributed by atoms with Gasteiger partial charge in [-0.15, -0.1) is 0 Å². The molecule has 1 unspecified atom stereocenters. The molecule has 0 aliphatic carbocycles. The van der Waals surface area contributed by atoms with Crippen LogP contribution in [0.4, 0.5) is 0 Å². The highest BCUT2D eigenvalue weighted by molar-refractivity contribution is 5.77. The molecule has 0 saturated heterocycles. The van der Waals surface area contributed by atoms with Gasteiger partial charge in [-0.3, -0.25) is 14.4 Å². The number of hydrogen-bond donors (Lipinski definition) is 4. The minimum Gasteiger partial charge on any atom is -0.481 e. The van der Waals surface area contributed by atoms with E-state index in [1.54, 1.807) is 0 Å². The maximum atomic E-state index is 10.9. The maximum absolute atomic E-state index is 10.9. The normalized spacial score (nSPS) is 11.3. The molecule has 0 fully saturated rings. The first kappa shape index (κ1) is 25.6. The summed E-state index contributed by atoms with van der Waals surface area (Å²) >= 11 is 0. The topological polar surface area (TPSA) is 138 Å². The van der Waals surface area contributed by atoms with Gasteiger partial charge in [0.2, 0.25) is 0 Å². The van der Waals surface area contributed by atoms with Crippen LogP contribution in [0.2, 0.25) is 0 Å². The van der Waals surface area contributed by atoms with Crippen LogP contribution in [0.3, 0.4) is 0 Å². The van der Waals surface area contributed by atoms with E-state index in [0.29, 0.717) is 6.42 Å². The molecule has 0 radical (unpaired) electrons. The molecule has 148 valence electrons. The molecule has 0 aromatic carbocycles. The number of rotatable bonds is 15. The van der Waals surface area contributed by atoms with Crippen LogP contribution < -0.4 is 5.73 Å². The van der Waals surface area contributed by atoms with Crippen molar-refractivity contribution in [2.75, 3.05) is 6.54 Å². The fourth-order valence-corrected chi connectivity index (χ4v) is 2.40. The second-order valence-corrected chi connectivity index (χ2v) is 6.20. The standard InChI is InChI=1S/C16H30O4.C2H5NO2/c1-2-3-4-5-6-7-8-9-10-11-12-14(16(19)20)13-15(17)18;3-1-2(4)5/h14H,2-13H2,1H3,(H,17,18)(H,19,20);1,3H2,(H,4,5). The Morgan fingerprint density at radius 3 is 1.48 bits per heavy atom. The van der Waals surface area contributed by atoms with E-state index in [2.05, 4.69) is 12.7 Å². The van der Waals surface area contributed by atoms with Gasteiger partial charge in [-0.1, -0.05) is 71.1 Å². The highest BCUT2D eigenvalue weighted by Crippen LogP contribution is 2.16. The van der Waals surface area contributed by atoms with Crippen molar-refractivity contribution in [3.8, 4) is 0 Å². The lowest BCUT2D eigenvalue weighted by Gasteiger charge is -2.09. The number of carbonyl (C=O) groups is 3. The Bertz CT molecular complexity index is 359. The smallest absolute Gasteiger partial charge is 0.317 e. The van der Waals surface area contributed by atoms with E-state index in [1.165, 1.54) is 44.9 Å². The van der Waals surface area contributed by atoms with Crippen molar-refractivity contribution in [1.82, 2.24) is 0 Å². The summed E-state index contributed by atoms with van der Waals surface area (Å²) in [6.45, 7) is 1.94. The molecule has 0 aliphatic heterocycles. The van der Waals surface area contributed by atoms with E-state index < -0.39 is 23.8 Å². The first-order valence-corrected chi connectivity index (χ1v) is 9.21. The molecule has 0 heterocycles. The average molecular weight is 361 g/mol. The number of hydrogen-bond acceptors (Lipinski definition) is 4. The summed E-state index contributed by atoms with van der Waals surface area (Å²) in [5, 5.41) is 25.1. The van der Waals surface area contributed by atoms with E-state index in [1.807, 2.05) is 0 Å². The monoisotopic (exact) mass is 361 g/mol. The molecule has 0 bridgehead atoms. The Labute approximate surface area is 150 Å². The largest absolute Gasteiger partial charge is 0.481 e. The van der Waals surface area contributed by atoms with Crippen LogP contribution >= 0.6 is 0 Å². The van der Waals surface area contributed by atoms with Gasteiger partial charge in [0.15, 0.2) is 0 Å². The molecule has 5 N–H and O–H groups in total. The zero-order valence-electron chi connectivity index (χ0n) is 15.4. The minimum atomic E-state index is -1.02. The molecular weight excluding hydrogens is 326 g/mol. The van der Waals surface area contributed by atoms with E-state index >= 15 is 0 Å². The molecule has 7 nitrogen and oxygen atoms in total. The van der Waals surface area contributed by atoms with Crippen molar-refractivity contribution in [2.24, 2.45) is 11.7 Å². The average Bonchev–Trinajstić information content (AvgIpc) is 2.55. The summed E-state index contributed by atoms with van der Waals surface area (Å²) in [4.78, 5) is 30.6. The van der Waals surface area contributed by atoms with E-state index in [9.17, 15) is 14.4 Å². The van der Waals surface area contributed by atoms with Crippen LogP contribution in [-0.4, -0.2) is 39.8 Å².